The molecule has 37 heavy (non-hydrogen) atoms. The largest absolute Gasteiger partial charge is 0.300 e. The minimum Gasteiger partial charge on any atom is -0.300 e. The van der Waals surface area contributed by atoms with Crippen LogP contribution in [-0.2, 0) is 4.79 Å². The highest BCUT2D eigenvalue weighted by molar-refractivity contribution is 6.14. The van der Waals surface area contributed by atoms with Crippen molar-refractivity contribution in [3.8, 4) is 0 Å². The quantitative estimate of drug-likeness (QED) is 0.153. The van der Waals surface area contributed by atoms with Crippen molar-refractivity contribution in [2.24, 2.45) is 21.8 Å². The zero-order chi connectivity index (χ0) is 27.5. The number of likely N-dealkylation sites (tertiary alicyclic amines) is 1. The second-order valence-corrected chi connectivity index (χ2v) is 10.9. The molecule has 1 unspecified atom stereocenters. The lowest BCUT2D eigenvalue weighted by molar-refractivity contribution is -0.112. The van der Waals surface area contributed by atoms with Gasteiger partial charge in [-0.15, -0.1) is 0 Å². The average Bonchev–Trinajstić information content (AvgIpc) is 2.86. The molecule has 0 aromatic carbocycles. The SMILES string of the molecule is C=C(CC)/C(C)=C/C(=N\C)C(=C/C(C)=O)/N=C(/C(C)=C\C(=C/C)C1CCN(C2CCC2)CC1)C(C)CC. The van der Waals surface area contributed by atoms with Crippen molar-refractivity contribution < 1.29 is 4.79 Å². The van der Waals surface area contributed by atoms with E-state index in [0.717, 1.165) is 35.7 Å². The molecule has 0 amide bonds. The van der Waals surface area contributed by atoms with Gasteiger partial charge in [0.1, 0.15) is 0 Å². The molecule has 0 aromatic rings. The highest BCUT2D eigenvalue weighted by atomic mass is 16.1. The van der Waals surface area contributed by atoms with Crippen molar-refractivity contribution in [3.05, 3.63) is 58.9 Å². The Morgan fingerprint density at radius 3 is 2.14 bits per heavy atom. The van der Waals surface area contributed by atoms with Crippen LogP contribution in [-0.4, -0.2) is 48.3 Å². The summed E-state index contributed by atoms with van der Waals surface area (Å²) in [7, 11) is 1.76. The van der Waals surface area contributed by atoms with Crippen molar-refractivity contribution in [1.29, 1.82) is 0 Å². The molecule has 1 heterocycles. The van der Waals surface area contributed by atoms with Gasteiger partial charge in [-0.2, -0.15) is 0 Å². The number of carbonyl (C=O) groups excluding carboxylic acids is 1. The fourth-order valence-electron chi connectivity index (χ4n) is 5.22. The summed E-state index contributed by atoms with van der Waals surface area (Å²) in [6.45, 7) is 21.0. The first kappa shape index (κ1) is 30.9. The molecule has 1 aliphatic carbocycles. The summed E-state index contributed by atoms with van der Waals surface area (Å²) in [6.07, 6.45) is 16.7. The second-order valence-electron chi connectivity index (χ2n) is 10.9. The van der Waals surface area contributed by atoms with Gasteiger partial charge in [0.2, 0.25) is 0 Å². The maximum absolute atomic E-state index is 12.2. The Morgan fingerprint density at radius 1 is 1.03 bits per heavy atom. The summed E-state index contributed by atoms with van der Waals surface area (Å²) in [5.41, 5.74) is 7.08. The van der Waals surface area contributed by atoms with Gasteiger partial charge in [-0.1, -0.05) is 51.5 Å². The average molecular weight is 506 g/mol. The van der Waals surface area contributed by atoms with Gasteiger partial charge in [0, 0.05) is 24.9 Å². The van der Waals surface area contributed by atoms with E-state index in [1.807, 2.05) is 13.0 Å². The van der Waals surface area contributed by atoms with Crippen molar-refractivity contribution in [3.63, 3.8) is 0 Å². The molecule has 0 radical (unpaired) electrons. The normalized spacial score (nSPS) is 21.2. The number of piperidine rings is 1. The van der Waals surface area contributed by atoms with Crippen molar-refractivity contribution >= 4 is 17.2 Å². The van der Waals surface area contributed by atoms with E-state index in [-0.39, 0.29) is 11.7 Å². The highest BCUT2D eigenvalue weighted by Crippen LogP contribution is 2.32. The number of carbonyl (C=O) groups is 1. The lowest BCUT2D eigenvalue weighted by Crippen LogP contribution is -2.44. The fourth-order valence-corrected chi connectivity index (χ4v) is 5.22. The number of nitrogens with zero attached hydrogens (tertiary/aromatic N) is 3. The van der Waals surface area contributed by atoms with Crippen LogP contribution in [0, 0.1) is 11.8 Å². The van der Waals surface area contributed by atoms with Gasteiger partial charge in [0.05, 0.1) is 11.4 Å². The fraction of sp³-hybridized carbons (Fsp3) is 0.606. The Hall–Kier alpha value is -2.33. The third-order valence-corrected chi connectivity index (χ3v) is 8.21. The van der Waals surface area contributed by atoms with Crippen LogP contribution in [0.2, 0.25) is 0 Å². The predicted molar refractivity (Wildman–Crippen MR) is 162 cm³/mol. The summed E-state index contributed by atoms with van der Waals surface area (Å²) in [4.78, 5) is 24.6. The molecule has 1 atom stereocenters. The summed E-state index contributed by atoms with van der Waals surface area (Å²) < 4.78 is 0. The minimum absolute atomic E-state index is 0.0298. The Morgan fingerprint density at radius 2 is 1.68 bits per heavy atom. The van der Waals surface area contributed by atoms with Gasteiger partial charge in [0.15, 0.2) is 5.78 Å². The molecule has 1 saturated heterocycles. The Labute approximate surface area is 227 Å². The zero-order valence-electron chi connectivity index (χ0n) is 24.9. The summed E-state index contributed by atoms with van der Waals surface area (Å²) >= 11 is 0. The van der Waals surface area contributed by atoms with Gasteiger partial charge in [-0.3, -0.25) is 14.8 Å². The van der Waals surface area contributed by atoms with Crippen LogP contribution in [0.4, 0.5) is 0 Å². The predicted octanol–water partition coefficient (Wildman–Crippen LogP) is 8.09. The van der Waals surface area contributed by atoms with E-state index in [1.54, 1.807) is 20.0 Å². The molecule has 0 spiro atoms. The molecule has 0 aromatic heterocycles. The molecule has 1 aliphatic heterocycles. The molecule has 2 aliphatic rings. The van der Waals surface area contributed by atoms with E-state index in [1.165, 1.54) is 56.3 Å². The van der Waals surface area contributed by atoms with Crippen LogP contribution < -0.4 is 0 Å². The number of hydrogen-bond donors (Lipinski definition) is 0. The Bertz CT molecular complexity index is 993. The van der Waals surface area contributed by atoms with E-state index in [4.69, 9.17) is 4.99 Å². The third kappa shape index (κ3) is 8.88. The number of aliphatic imine (C=N–C) groups is 2. The van der Waals surface area contributed by atoms with Crippen molar-refractivity contribution in [2.75, 3.05) is 20.1 Å². The van der Waals surface area contributed by atoms with Crippen LogP contribution in [0.15, 0.2) is 68.9 Å². The summed E-state index contributed by atoms with van der Waals surface area (Å²) in [5, 5.41) is 0. The van der Waals surface area contributed by atoms with Crippen LogP contribution in [0.1, 0.15) is 93.4 Å². The lowest BCUT2D eigenvalue weighted by Gasteiger charge is -2.42. The first-order valence-electron chi connectivity index (χ1n) is 14.4. The standard InChI is InChI=1S/C33H51N3O/c1-10-23(4)25(6)21-31(34-9)32(22-27(8)37)35-33(24(5)11-2)26(7)20-28(12-3)29-16-18-36(19-17-29)30-14-13-15-30/h12,20-22,24,29-30H,4,10-11,13-19H2,1-3,5-9H3/b25-21+,26-20-,28-12+,32-22-,34-31+,35-33+. The molecule has 204 valence electrons. The van der Waals surface area contributed by atoms with Gasteiger partial charge in [-0.05, 0) is 114 Å². The maximum atomic E-state index is 12.2. The van der Waals surface area contributed by atoms with Gasteiger partial charge >= 0.3 is 0 Å². The van der Waals surface area contributed by atoms with Gasteiger partial charge < -0.3 is 4.90 Å². The lowest BCUT2D eigenvalue weighted by atomic mass is 9.83. The molecule has 0 N–H and O–H groups in total. The molecular formula is C33H51N3O. The smallest absolute Gasteiger partial charge is 0.154 e. The summed E-state index contributed by atoms with van der Waals surface area (Å²) in [6, 6.07) is 0.838. The monoisotopic (exact) mass is 505 g/mol. The number of hydrogen-bond acceptors (Lipinski definition) is 4. The summed E-state index contributed by atoms with van der Waals surface area (Å²) in [5.74, 6) is 0.830. The third-order valence-electron chi connectivity index (χ3n) is 8.21. The van der Waals surface area contributed by atoms with Crippen LogP contribution in [0.25, 0.3) is 0 Å². The molecule has 4 nitrogen and oxygen atoms in total. The van der Waals surface area contributed by atoms with Crippen LogP contribution in [0.3, 0.4) is 0 Å². The number of rotatable bonds is 12. The van der Waals surface area contributed by atoms with E-state index in [2.05, 4.69) is 63.2 Å². The van der Waals surface area contributed by atoms with Crippen molar-refractivity contribution in [2.45, 2.75) is 99.5 Å². The first-order valence-corrected chi connectivity index (χ1v) is 14.4. The van der Waals surface area contributed by atoms with Gasteiger partial charge in [-0.25, -0.2) is 0 Å². The second kappa shape index (κ2) is 15.2. The maximum Gasteiger partial charge on any atom is 0.154 e. The van der Waals surface area contributed by atoms with E-state index >= 15 is 0 Å². The molecule has 2 fully saturated rings. The van der Waals surface area contributed by atoms with Crippen LogP contribution in [0.5, 0.6) is 0 Å². The zero-order valence-corrected chi connectivity index (χ0v) is 24.9. The van der Waals surface area contributed by atoms with Crippen molar-refractivity contribution in [1.82, 2.24) is 4.90 Å². The number of allylic oxidation sites excluding steroid dienone is 8. The Kier molecular flexibility index (Phi) is 12.7. The molecule has 4 heteroatoms. The van der Waals surface area contributed by atoms with E-state index in [0.29, 0.717) is 17.3 Å². The molecular weight excluding hydrogens is 454 g/mol. The number of ketones is 1. The van der Waals surface area contributed by atoms with Crippen LogP contribution >= 0.6 is 0 Å². The molecule has 2 rings (SSSR count). The first-order chi connectivity index (χ1) is 17.6. The molecule has 1 saturated carbocycles. The highest BCUT2D eigenvalue weighted by Gasteiger charge is 2.29. The van der Waals surface area contributed by atoms with E-state index in [9.17, 15) is 4.79 Å². The Balaban J connectivity index is 2.39. The molecule has 0 bridgehead atoms. The van der Waals surface area contributed by atoms with Gasteiger partial charge in [0.25, 0.3) is 0 Å². The van der Waals surface area contributed by atoms with E-state index < -0.39 is 0 Å². The minimum atomic E-state index is -0.0298. The topological polar surface area (TPSA) is 45.0 Å².